The lowest BCUT2D eigenvalue weighted by molar-refractivity contribution is 0.0114. The average Bonchev–Trinajstić information content (AvgIpc) is 2.48. The van der Waals surface area contributed by atoms with Crippen LogP contribution in [0, 0.1) is 0 Å². The van der Waals surface area contributed by atoms with E-state index in [2.05, 4.69) is 13.8 Å². The van der Waals surface area contributed by atoms with Crippen molar-refractivity contribution < 1.29 is 14.4 Å². The summed E-state index contributed by atoms with van der Waals surface area (Å²) < 4.78 is 10.3. The van der Waals surface area contributed by atoms with Crippen LogP contribution in [-0.4, -0.2) is 38.6 Å². The molecule has 3 nitrogen and oxygen atoms in total. The second-order valence-corrected chi connectivity index (χ2v) is 7.28. The van der Waals surface area contributed by atoms with E-state index >= 15 is 0 Å². The molecule has 0 saturated heterocycles. The maximum Gasteiger partial charge on any atom is 0.0799 e. The molecule has 21 heavy (non-hydrogen) atoms. The van der Waals surface area contributed by atoms with Crippen molar-refractivity contribution in [1.82, 2.24) is 0 Å². The van der Waals surface area contributed by atoms with Crippen molar-refractivity contribution in [3.63, 3.8) is 0 Å². The van der Waals surface area contributed by atoms with Gasteiger partial charge in [0.1, 0.15) is 0 Å². The molecule has 3 atom stereocenters. The van der Waals surface area contributed by atoms with Crippen molar-refractivity contribution in [2.24, 2.45) is 0 Å². The van der Waals surface area contributed by atoms with Crippen LogP contribution in [0.15, 0.2) is 0 Å². The van der Waals surface area contributed by atoms with Crippen molar-refractivity contribution in [3.8, 4) is 0 Å². The van der Waals surface area contributed by atoms with Gasteiger partial charge >= 0.3 is 0 Å². The quantitative estimate of drug-likeness (QED) is 0.533. The van der Waals surface area contributed by atoms with Gasteiger partial charge < -0.3 is 10.2 Å². The minimum atomic E-state index is -0.565. The summed E-state index contributed by atoms with van der Waals surface area (Å²) in [6.07, 6.45) is 11.8. The standard InChI is InChI=1S/C12H26O2.C5H12OS/c1-3-5-6-7-8-9-10-12(14)11(13)4-2;1-3-4-5-7(2)6/h11-14H,3-10H2,1-2H3;3-5H2,1-2H3. The van der Waals surface area contributed by atoms with Gasteiger partial charge in [0, 0.05) is 22.8 Å². The number of aliphatic hydroxyl groups is 2. The van der Waals surface area contributed by atoms with Gasteiger partial charge in [-0.05, 0) is 19.3 Å². The first-order valence-corrected chi connectivity index (χ1v) is 10.4. The lowest BCUT2D eigenvalue weighted by Gasteiger charge is -2.15. The Morgan fingerprint density at radius 1 is 0.810 bits per heavy atom. The summed E-state index contributed by atoms with van der Waals surface area (Å²) in [7, 11) is -0.565. The van der Waals surface area contributed by atoms with E-state index in [-0.39, 0.29) is 0 Å². The third kappa shape index (κ3) is 20.1. The number of rotatable bonds is 12. The van der Waals surface area contributed by atoms with E-state index in [4.69, 9.17) is 0 Å². The molecular weight excluding hydrogens is 284 g/mol. The van der Waals surface area contributed by atoms with Crippen LogP contribution in [0.25, 0.3) is 0 Å². The van der Waals surface area contributed by atoms with E-state index in [9.17, 15) is 14.4 Å². The van der Waals surface area contributed by atoms with Gasteiger partial charge in [-0.1, -0.05) is 65.7 Å². The predicted octanol–water partition coefficient (Wildman–Crippen LogP) is 4.03. The first kappa shape index (κ1) is 23.3. The molecule has 130 valence electrons. The Kier molecular flexibility index (Phi) is 20.1. The van der Waals surface area contributed by atoms with Crippen molar-refractivity contribution in [2.75, 3.05) is 12.0 Å². The fourth-order valence-electron chi connectivity index (χ4n) is 1.95. The maximum absolute atomic E-state index is 10.3. The van der Waals surface area contributed by atoms with Crippen molar-refractivity contribution >= 4 is 10.8 Å². The molecule has 0 radical (unpaired) electrons. The van der Waals surface area contributed by atoms with Gasteiger partial charge in [0.25, 0.3) is 0 Å². The average molecular weight is 323 g/mol. The Labute approximate surface area is 135 Å². The van der Waals surface area contributed by atoms with E-state index in [1.807, 2.05) is 6.92 Å². The lowest BCUT2D eigenvalue weighted by Crippen LogP contribution is -2.24. The van der Waals surface area contributed by atoms with Crippen molar-refractivity contribution in [3.05, 3.63) is 0 Å². The molecular formula is C17H38O3S. The second-order valence-electron chi connectivity index (χ2n) is 5.73. The molecule has 0 fully saturated rings. The van der Waals surface area contributed by atoms with Crippen LogP contribution >= 0.6 is 0 Å². The van der Waals surface area contributed by atoms with Crippen LogP contribution in [0.3, 0.4) is 0 Å². The Balaban J connectivity index is 0. The zero-order chi connectivity index (χ0) is 16.5. The highest BCUT2D eigenvalue weighted by molar-refractivity contribution is 7.84. The highest BCUT2D eigenvalue weighted by Gasteiger charge is 2.12. The van der Waals surface area contributed by atoms with Crippen molar-refractivity contribution in [2.45, 2.75) is 97.2 Å². The summed E-state index contributed by atoms with van der Waals surface area (Å²) >= 11 is 0. The van der Waals surface area contributed by atoms with Gasteiger partial charge in [-0.2, -0.15) is 0 Å². The molecule has 0 bridgehead atoms. The minimum absolute atomic E-state index is 0.508. The van der Waals surface area contributed by atoms with Crippen LogP contribution in [0.5, 0.6) is 0 Å². The molecule has 0 aromatic heterocycles. The molecule has 0 saturated carbocycles. The Morgan fingerprint density at radius 3 is 1.76 bits per heavy atom. The number of aliphatic hydroxyl groups excluding tert-OH is 2. The van der Waals surface area contributed by atoms with Crippen LogP contribution in [0.2, 0.25) is 0 Å². The molecule has 0 aliphatic heterocycles. The monoisotopic (exact) mass is 322 g/mol. The summed E-state index contributed by atoms with van der Waals surface area (Å²) in [5.74, 6) is 0.872. The van der Waals surface area contributed by atoms with E-state index < -0.39 is 23.0 Å². The van der Waals surface area contributed by atoms with Gasteiger partial charge in [0.05, 0.1) is 12.2 Å². The first-order chi connectivity index (χ1) is 9.99. The van der Waals surface area contributed by atoms with E-state index in [0.29, 0.717) is 6.42 Å². The normalized spacial score (nSPS) is 15.0. The highest BCUT2D eigenvalue weighted by atomic mass is 32.2. The molecule has 3 unspecified atom stereocenters. The van der Waals surface area contributed by atoms with Gasteiger partial charge in [-0.25, -0.2) is 0 Å². The Hall–Kier alpha value is 0.0700. The molecule has 2 N–H and O–H groups in total. The number of unbranched alkanes of at least 4 members (excludes halogenated alkanes) is 6. The van der Waals surface area contributed by atoms with E-state index in [1.54, 1.807) is 6.26 Å². The molecule has 0 spiro atoms. The molecule has 0 aromatic rings. The zero-order valence-corrected chi connectivity index (χ0v) is 15.5. The predicted molar refractivity (Wildman–Crippen MR) is 94.1 cm³/mol. The van der Waals surface area contributed by atoms with Crippen LogP contribution in [0.1, 0.15) is 85.0 Å². The molecule has 0 amide bonds. The third-order valence-corrected chi connectivity index (χ3v) is 4.36. The first-order valence-electron chi connectivity index (χ1n) is 8.65. The smallest absolute Gasteiger partial charge is 0.0799 e. The maximum atomic E-state index is 10.3. The van der Waals surface area contributed by atoms with Gasteiger partial charge in [0.15, 0.2) is 0 Å². The van der Waals surface area contributed by atoms with E-state index in [0.717, 1.165) is 31.4 Å². The SMILES string of the molecule is CCCCCCCCC(O)C(O)CC.CCCCS(C)=O. The largest absolute Gasteiger partial charge is 0.390 e. The Morgan fingerprint density at radius 2 is 1.33 bits per heavy atom. The number of hydrogen-bond donors (Lipinski definition) is 2. The molecule has 0 rings (SSSR count). The van der Waals surface area contributed by atoms with Crippen LogP contribution in [0.4, 0.5) is 0 Å². The molecule has 0 aromatic carbocycles. The summed E-state index contributed by atoms with van der Waals surface area (Å²) in [5.41, 5.74) is 0. The molecule has 4 heteroatoms. The van der Waals surface area contributed by atoms with Gasteiger partial charge in [-0.3, -0.25) is 4.21 Å². The summed E-state index contributed by atoms with van der Waals surface area (Å²) in [4.78, 5) is 0. The summed E-state index contributed by atoms with van der Waals surface area (Å²) in [6.45, 7) is 6.21. The van der Waals surface area contributed by atoms with Crippen molar-refractivity contribution in [1.29, 1.82) is 0 Å². The lowest BCUT2D eigenvalue weighted by atomic mass is 10.0. The molecule has 0 aliphatic rings. The Bertz CT molecular complexity index is 222. The van der Waals surface area contributed by atoms with Crippen LogP contribution < -0.4 is 0 Å². The van der Waals surface area contributed by atoms with Gasteiger partial charge in [-0.15, -0.1) is 0 Å². The fraction of sp³-hybridized carbons (Fsp3) is 1.00. The summed E-state index contributed by atoms with van der Waals surface area (Å²) in [5, 5.41) is 18.8. The fourth-order valence-corrected chi connectivity index (χ4v) is 2.64. The third-order valence-electron chi connectivity index (χ3n) is 3.50. The van der Waals surface area contributed by atoms with Crippen LogP contribution in [-0.2, 0) is 10.8 Å². The highest BCUT2D eigenvalue weighted by Crippen LogP contribution is 2.11. The minimum Gasteiger partial charge on any atom is -0.390 e. The second kappa shape index (κ2) is 18.1. The number of hydrogen-bond acceptors (Lipinski definition) is 3. The summed E-state index contributed by atoms with van der Waals surface area (Å²) in [6, 6.07) is 0. The van der Waals surface area contributed by atoms with Gasteiger partial charge in [0.2, 0.25) is 0 Å². The zero-order valence-electron chi connectivity index (χ0n) is 14.6. The molecule has 0 aliphatic carbocycles. The molecule has 0 heterocycles. The van der Waals surface area contributed by atoms with E-state index in [1.165, 1.54) is 32.1 Å². The topological polar surface area (TPSA) is 57.5 Å².